The van der Waals surface area contributed by atoms with Gasteiger partial charge in [-0.15, -0.1) is 0 Å². The predicted octanol–water partition coefficient (Wildman–Crippen LogP) is 15.3. The van der Waals surface area contributed by atoms with E-state index in [0.717, 1.165) is 38.5 Å². The number of rotatable bonds is 50. The lowest BCUT2D eigenvalue weighted by molar-refractivity contribution is -0.132. The van der Waals surface area contributed by atoms with Crippen LogP contribution in [0.2, 0.25) is 0 Å². The van der Waals surface area contributed by atoms with E-state index in [1.165, 1.54) is 231 Å². The van der Waals surface area contributed by atoms with Gasteiger partial charge in [0.1, 0.15) is 12.2 Å². The van der Waals surface area contributed by atoms with Gasteiger partial charge in [-0.1, -0.05) is 270 Å². The van der Waals surface area contributed by atoms with Crippen molar-refractivity contribution in [2.45, 2.75) is 321 Å². The molecule has 60 heavy (non-hydrogen) atoms. The molecule has 0 aromatic heterocycles. The highest BCUT2D eigenvalue weighted by molar-refractivity contribution is 5.80. The van der Waals surface area contributed by atoms with Crippen LogP contribution in [0.5, 0.6) is 0 Å². The Morgan fingerprint density at radius 2 is 0.667 bits per heavy atom. The zero-order valence-corrected chi connectivity index (χ0v) is 40.5. The quantitative estimate of drug-likeness (QED) is 0.0309. The highest BCUT2D eigenvalue weighted by Gasteiger charge is 2.28. The van der Waals surface area contributed by atoms with Gasteiger partial charge in [-0.25, -0.2) is 0 Å². The second-order valence-electron chi connectivity index (χ2n) is 18.9. The Balaban J connectivity index is 3.60. The summed E-state index contributed by atoms with van der Waals surface area (Å²) in [6.45, 7) is 4.08. The number of carbonyl (C=O) groups is 1. The summed E-state index contributed by atoms with van der Waals surface area (Å²) in [5.41, 5.74) is 0. The van der Waals surface area contributed by atoms with Crippen molar-refractivity contribution in [3.63, 3.8) is 0 Å². The first-order chi connectivity index (χ1) is 29.5. The van der Waals surface area contributed by atoms with Crippen molar-refractivity contribution in [2.75, 3.05) is 6.61 Å². The topological polar surface area (TPSA) is 110 Å². The zero-order valence-electron chi connectivity index (χ0n) is 40.5. The summed E-state index contributed by atoms with van der Waals surface area (Å²) in [6.07, 6.45) is 57.0. The molecule has 0 saturated carbocycles. The molecule has 0 bridgehead atoms. The van der Waals surface area contributed by atoms with Gasteiger partial charge in [-0.05, 0) is 38.5 Å². The number of aliphatic hydroxyl groups excluding tert-OH is 4. The smallest absolute Gasteiger partial charge is 0.249 e. The maximum absolute atomic E-state index is 12.6. The van der Waals surface area contributed by atoms with E-state index in [-0.39, 0.29) is 0 Å². The molecule has 4 unspecified atom stereocenters. The molecule has 0 aliphatic heterocycles. The SMILES string of the molecule is CCCCCCCCCCCCCC/C=C\CCCCCCCCCCCCCCC(O)C(=O)NC(CO)C(O)C(O)CCCCCCCCCCCCCCCCCC. The van der Waals surface area contributed by atoms with Crippen LogP contribution in [0.3, 0.4) is 0 Å². The number of hydrogen-bond donors (Lipinski definition) is 5. The van der Waals surface area contributed by atoms with Gasteiger partial charge in [0.15, 0.2) is 0 Å². The van der Waals surface area contributed by atoms with Crippen LogP contribution in [0.1, 0.15) is 296 Å². The lowest BCUT2D eigenvalue weighted by Gasteiger charge is -2.27. The van der Waals surface area contributed by atoms with Crippen LogP contribution in [-0.2, 0) is 4.79 Å². The molecular formula is C54H107NO5. The third-order valence-corrected chi connectivity index (χ3v) is 13.0. The van der Waals surface area contributed by atoms with Crippen molar-refractivity contribution in [3.8, 4) is 0 Å². The molecule has 358 valence electrons. The Morgan fingerprint density at radius 3 is 0.967 bits per heavy atom. The van der Waals surface area contributed by atoms with E-state index in [4.69, 9.17) is 0 Å². The maximum atomic E-state index is 12.6. The third-order valence-electron chi connectivity index (χ3n) is 13.0. The zero-order chi connectivity index (χ0) is 43.8. The molecule has 0 radical (unpaired) electrons. The van der Waals surface area contributed by atoms with Gasteiger partial charge in [0.25, 0.3) is 0 Å². The fraction of sp³-hybridized carbons (Fsp3) is 0.944. The average Bonchev–Trinajstić information content (AvgIpc) is 3.25. The Morgan fingerprint density at radius 1 is 0.400 bits per heavy atom. The monoisotopic (exact) mass is 850 g/mol. The molecule has 1 amide bonds. The first-order valence-electron chi connectivity index (χ1n) is 27.1. The van der Waals surface area contributed by atoms with Crippen LogP contribution in [0.4, 0.5) is 0 Å². The number of nitrogens with one attached hydrogen (secondary N) is 1. The van der Waals surface area contributed by atoms with E-state index in [1.807, 2.05) is 0 Å². The van der Waals surface area contributed by atoms with Crippen LogP contribution in [0.15, 0.2) is 12.2 Å². The molecule has 4 atom stereocenters. The first-order valence-corrected chi connectivity index (χ1v) is 27.1. The van der Waals surface area contributed by atoms with E-state index in [2.05, 4.69) is 31.3 Å². The molecule has 0 aliphatic carbocycles. The first kappa shape index (κ1) is 59.0. The molecule has 0 aromatic carbocycles. The number of hydrogen-bond acceptors (Lipinski definition) is 5. The largest absolute Gasteiger partial charge is 0.394 e. The minimum Gasteiger partial charge on any atom is -0.394 e. The van der Waals surface area contributed by atoms with Crippen molar-refractivity contribution in [1.82, 2.24) is 5.32 Å². The highest BCUT2D eigenvalue weighted by atomic mass is 16.3. The molecule has 6 heteroatoms. The van der Waals surface area contributed by atoms with E-state index < -0.39 is 36.9 Å². The second-order valence-corrected chi connectivity index (χ2v) is 18.9. The molecule has 0 spiro atoms. The summed E-state index contributed by atoms with van der Waals surface area (Å²) in [6, 6.07) is -0.982. The van der Waals surface area contributed by atoms with Crippen LogP contribution in [0, 0.1) is 0 Å². The van der Waals surface area contributed by atoms with E-state index >= 15 is 0 Å². The van der Waals surface area contributed by atoms with Crippen molar-refractivity contribution in [2.24, 2.45) is 0 Å². The molecule has 0 heterocycles. The van der Waals surface area contributed by atoms with Crippen LogP contribution >= 0.6 is 0 Å². The van der Waals surface area contributed by atoms with Gasteiger partial charge in [-0.2, -0.15) is 0 Å². The number of amides is 1. The number of carbonyl (C=O) groups excluding carboxylic acids is 1. The summed E-state index contributed by atoms with van der Waals surface area (Å²) in [4.78, 5) is 12.6. The summed E-state index contributed by atoms with van der Waals surface area (Å²) in [5.74, 6) is -0.579. The fourth-order valence-corrected chi connectivity index (χ4v) is 8.70. The summed E-state index contributed by atoms with van der Waals surface area (Å²) in [7, 11) is 0. The van der Waals surface area contributed by atoms with Gasteiger partial charge in [-0.3, -0.25) is 4.79 Å². The Bertz CT molecular complexity index is 867. The second kappa shape index (κ2) is 49.1. The molecule has 0 aromatic rings. The molecular weight excluding hydrogens is 743 g/mol. The lowest BCUT2D eigenvalue weighted by atomic mass is 9.99. The highest BCUT2D eigenvalue weighted by Crippen LogP contribution is 2.18. The molecule has 0 rings (SSSR count). The maximum Gasteiger partial charge on any atom is 0.249 e. The third kappa shape index (κ3) is 42.4. The standard InChI is InChI=1S/C54H107NO5/c1-3-5-7-9-11-13-15-17-19-21-22-23-24-25-26-27-28-29-30-31-32-34-36-38-40-42-44-46-48-52(58)54(60)55-50(49-56)53(59)51(57)47-45-43-41-39-37-35-33-20-18-16-14-12-10-8-6-4-2/h25-26,50-53,56-59H,3-24,27-49H2,1-2H3,(H,55,60)/b26-25-. The average molecular weight is 850 g/mol. The van der Waals surface area contributed by atoms with E-state index in [0.29, 0.717) is 12.8 Å². The molecule has 0 aliphatic rings. The number of unbranched alkanes of at least 4 members (excludes halogenated alkanes) is 39. The van der Waals surface area contributed by atoms with Crippen LogP contribution < -0.4 is 5.32 Å². The van der Waals surface area contributed by atoms with Gasteiger partial charge < -0.3 is 25.7 Å². The van der Waals surface area contributed by atoms with Crippen LogP contribution in [-0.4, -0.2) is 57.3 Å². The molecule has 5 N–H and O–H groups in total. The number of allylic oxidation sites excluding steroid dienone is 2. The van der Waals surface area contributed by atoms with Gasteiger partial charge in [0, 0.05) is 0 Å². The number of aliphatic hydroxyl groups is 4. The minimum atomic E-state index is -1.26. The van der Waals surface area contributed by atoms with Gasteiger partial charge in [0.05, 0.1) is 18.8 Å². The van der Waals surface area contributed by atoms with E-state index in [9.17, 15) is 25.2 Å². The summed E-state index contributed by atoms with van der Waals surface area (Å²) < 4.78 is 0. The Labute approximate surface area is 374 Å². The van der Waals surface area contributed by atoms with Crippen molar-refractivity contribution in [1.29, 1.82) is 0 Å². The van der Waals surface area contributed by atoms with Gasteiger partial charge in [0.2, 0.25) is 5.91 Å². The van der Waals surface area contributed by atoms with Gasteiger partial charge >= 0.3 is 0 Å². The van der Waals surface area contributed by atoms with Crippen LogP contribution in [0.25, 0.3) is 0 Å². The Hall–Kier alpha value is -0.950. The Kier molecular flexibility index (Phi) is 48.3. The predicted molar refractivity (Wildman–Crippen MR) is 261 cm³/mol. The van der Waals surface area contributed by atoms with Crippen molar-refractivity contribution < 1.29 is 25.2 Å². The van der Waals surface area contributed by atoms with Crippen molar-refractivity contribution in [3.05, 3.63) is 12.2 Å². The minimum absolute atomic E-state index is 0.372. The van der Waals surface area contributed by atoms with E-state index in [1.54, 1.807) is 0 Å². The summed E-state index contributed by atoms with van der Waals surface area (Å²) in [5, 5.41) is 43.9. The molecule has 6 nitrogen and oxygen atoms in total. The van der Waals surface area contributed by atoms with Crippen molar-refractivity contribution >= 4 is 5.91 Å². The lowest BCUT2D eigenvalue weighted by Crippen LogP contribution is -2.53. The fourth-order valence-electron chi connectivity index (χ4n) is 8.70. The molecule has 0 saturated heterocycles. The summed E-state index contributed by atoms with van der Waals surface area (Å²) >= 11 is 0. The normalized spacial score (nSPS) is 13.9. The molecule has 0 fully saturated rings.